The largest absolute Gasteiger partial charge is 0.318 e. The molecule has 1 aromatic rings. The Bertz CT molecular complexity index is 548. The van der Waals surface area contributed by atoms with Gasteiger partial charge in [0, 0.05) is 23.4 Å². The molecule has 114 valence electrons. The minimum absolute atomic E-state index is 0.00350. The monoisotopic (exact) mass is 312 g/mol. The fourth-order valence-corrected chi connectivity index (χ4v) is 4.17. The zero-order valence-electron chi connectivity index (χ0n) is 11.8. The minimum atomic E-state index is -0.608. The second-order valence-corrected chi connectivity index (χ2v) is 6.72. The maximum absolute atomic E-state index is 14.1. The molecule has 1 aromatic carbocycles. The lowest BCUT2D eigenvalue weighted by molar-refractivity contribution is -0.131. The SMILES string of the molecule is CC1NC(c2ccc(F)cc2F)N(C2CCCSC2)C1=O. The molecule has 3 unspecified atom stereocenters. The van der Waals surface area contributed by atoms with E-state index >= 15 is 0 Å². The zero-order chi connectivity index (χ0) is 15.0. The van der Waals surface area contributed by atoms with Gasteiger partial charge in [-0.1, -0.05) is 0 Å². The van der Waals surface area contributed by atoms with E-state index < -0.39 is 17.8 Å². The lowest BCUT2D eigenvalue weighted by atomic mass is 10.1. The summed E-state index contributed by atoms with van der Waals surface area (Å²) in [5.41, 5.74) is 0.338. The molecule has 1 N–H and O–H groups in total. The first kappa shape index (κ1) is 14.8. The van der Waals surface area contributed by atoms with Gasteiger partial charge in [-0.05, 0) is 37.7 Å². The van der Waals surface area contributed by atoms with Crippen LogP contribution in [0.25, 0.3) is 0 Å². The Morgan fingerprint density at radius 1 is 1.38 bits per heavy atom. The highest BCUT2D eigenvalue weighted by Gasteiger charge is 2.42. The molecule has 0 aliphatic carbocycles. The van der Waals surface area contributed by atoms with Crippen molar-refractivity contribution in [2.24, 2.45) is 0 Å². The third kappa shape index (κ3) is 2.79. The van der Waals surface area contributed by atoms with Gasteiger partial charge in [-0.15, -0.1) is 0 Å². The molecule has 6 heteroatoms. The van der Waals surface area contributed by atoms with Gasteiger partial charge in [0.25, 0.3) is 0 Å². The summed E-state index contributed by atoms with van der Waals surface area (Å²) in [5.74, 6) is 0.767. The van der Waals surface area contributed by atoms with Crippen LogP contribution in [0.15, 0.2) is 18.2 Å². The van der Waals surface area contributed by atoms with E-state index in [-0.39, 0.29) is 18.0 Å². The number of carbonyl (C=O) groups is 1. The van der Waals surface area contributed by atoms with E-state index in [0.717, 1.165) is 30.4 Å². The average molecular weight is 312 g/mol. The van der Waals surface area contributed by atoms with Crippen LogP contribution < -0.4 is 5.32 Å². The standard InChI is InChI=1S/C15H18F2N2OS/c1-9-15(20)19(11-3-2-6-21-8-11)14(18-9)12-5-4-10(16)7-13(12)17/h4-5,7,9,11,14,18H,2-3,6,8H2,1H3. The number of rotatable bonds is 2. The number of halogens is 2. The van der Waals surface area contributed by atoms with E-state index in [0.29, 0.717) is 5.56 Å². The predicted molar refractivity (Wildman–Crippen MR) is 78.9 cm³/mol. The molecule has 3 nitrogen and oxygen atoms in total. The van der Waals surface area contributed by atoms with E-state index in [4.69, 9.17) is 0 Å². The fourth-order valence-electron chi connectivity index (χ4n) is 3.04. The Kier molecular flexibility index (Phi) is 4.17. The van der Waals surface area contributed by atoms with Crippen molar-refractivity contribution in [3.05, 3.63) is 35.4 Å². The van der Waals surface area contributed by atoms with Crippen molar-refractivity contribution in [2.45, 2.75) is 38.0 Å². The maximum Gasteiger partial charge on any atom is 0.241 e. The molecular weight excluding hydrogens is 294 g/mol. The smallest absolute Gasteiger partial charge is 0.241 e. The van der Waals surface area contributed by atoms with Crippen molar-refractivity contribution in [3.63, 3.8) is 0 Å². The average Bonchev–Trinajstić information content (AvgIpc) is 2.75. The van der Waals surface area contributed by atoms with Crippen molar-refractivity contribution < 1.29 is 13.6 Å². The van der Waals surface area contributed by atoms with Gasteiger partial charge in [-0.25, -0.2) is 8.78 Å². The molecule has 3 atom stereocenters. The first-order chi connectivity index (χ1) is 10.1. The fraction of sp³-hybridized carbons (Fsp3) is 0.533. The van der Waals surface area contributed by atoms with Crippen LogP contribution in [0.4, 0.5) is 8.78 Å². The van der Waals surface area contributed by atoms with Gasteiger partial charge in [-0.3, -0.25) is 10.1 Å². The second kappa shape index (κ2) is 5.93. The van der Waals surface area contributed by atoms with Gasteiger partial charge in [0.05, 0.1) is 6.04 Å². The van der Waals surface area contributed by atoms with Crippen LogP contribution in [0, 0.1) is 11.6 Å². The van der Waals surface area contributed by atoms with E-state index in [1.54, 1.807) is 11.8 Å². The third-order valence-corrected chi connectivity index (χ3v) is 5.30. The molecule has 0 spiro atoms. The first-order valence-corrected chi connectivity index (χ1v) is 8.34. The van der Waals surface area contributed by atoms with Gasteiger partial charge in [0.2, 0.25) is 5.91 Å². The molecule has 2 heterocycles. The Hall–Kier alpha value is -1.14. The van der Waals surface area contributed by atoms with Gasteiger partial charge in [0.15, 0.2) is 0 Å². The summed E-state index contributed by atoms with van der Waals surface area (Å²) >= 11 is 1.82. The summed E-state index contributed by atoms with van der Waals surface area (Å²) in [6.07, 6.45) is 1.50. The first-order valence-electron chi connectivity index (χ1n) is 7.19. The number of thioether (sulfide) groups is 1. The lowest BCUT2D eigenvalue weighted by Gasteiger charge is -2.35. The topological polar surface area (TPSA) is 32.3 Å². The van der Waals surface area contributed by atoms with Crippen LogP contribution >= 0.6 is 11.8 Å². The third-order valence-electron chi connectivity index (χ3n) is 4.10. The van der Waals surface area contributed by atoms with Crippen molar-refractivity contribution in [1.82, 2.24) is 10.2 Å². The molecule has 1 amide bonds. The van der Waals surface area contributed by atoms with Crippen LogP contribution in [0.5, 0.6) is 0 Å². The van der Waals surface area contributed by atoms with Crippen molar-refractivity contribution in [2.75, 3.05) is 11.5 Å². The molecule has 3 rings (SSSR count). The molecule has 0 bridgehead atoms. The van der Waals surface area contributed by atoms with Gasteiger partial charge < -0.3 is 4.90 Å². The van der Waals surface area contributed by atoms with Gasteiger partial charge in [0.1, 0.15) is 17.8 Å². The van der Waals surface area contributed by atoms with Gasteiger partial charge in [-0.2, -0.15) is 11.8 Å². The number of carbonyl (C=O) groups excluding carboxylic acids is 1. The number of amides is 1. The summed E-state index contributed by atoms with van der Waals surface area (Å²) in [6, 6.07) is 3.31. The van der Waals surface area contributed by atoms with Crippen molar-refractivity contribution >= 4 is 17.7 Å². The number of hydrogen-bond donors (Lipinski definition) is 1. The number of benzene rings is 1. The summed E-state index contributed by atoms with van der Waals surface area (Å²) in [4.78, 5) is 14.2. The molecule has 0 aromatic heterocycles. The Morgan fingerprint density at radius 3 is 2.86 bits per heavy atom. The highest BCUT2D eigenvalue weighted by Crippen LogP contribution is 2.33. The maximum atomic E-state index is 14.1. The molecule has 0 saturated carbocycles. The van der Waals surface area contributed by atoms with Crippen molar-refractivity contribution in [1.29, 1.82) is 0 Å². The molecule has 2 aliphatic heterocycles. The Morgan fingerprint density at radius 2 is 2.19 bits per heavy atom. The van der Waals surface area contributed by atoms with Crippen LogP contribution in [0.3, 0.4) is 0 Å². The van der Waals surface area contributed by atoms with Crippen LogP contribution in [-0.4, -0.2) is 34.4 Å². The van der Waals surface area contributed by atoms with Crippen LogP contribution in [0.2, 0.25) is 0 Å². The number of nitrogens with one attached hydrogen (secondary N) is 1. The highest BCUT2D eigenvalue weighted by atomic mass is 32.2. The predicted octanol–water partition coefficient (Wildman–Crippen LogP) is 2.68. The van der Waals surface area contributed by atoms with E-state index in [1.807, 2.05) is 11.8 Å². The molecule has 21 heavy (non-hydrogen) atoms. The normalized spacial score (nSPS) is 30.0. The molecule has 0 radical (unpaired) electrons. The molecule has 2 saturated heterocycles. The molecule has 2 fully saturated rings. The zero-order valence-corrected chi connectivity index (χ0v) is 12.6. The Balaban J connectivity index is 1.92. The summed E-state index contributed by atoms with van der Waals surface area (Å²) in [7, 11) is 0. The summed E-state index contributed by atoms with van der Waals surface area (Å²) in [6.45, 7) is 1.78. The van der Waals surface area contributed by atoms with Crippen LogP contribution in [0.1, 0.15) is 31.5 Å². The van der Waals surface area contributed by atoms with E-state index in [2.05, 4.69) is 5.32 Å². The van der Waals surface area contributed by atoms with Crippen molar-refractivity contribution in [3.8, 4) is 0 Å². The van der Waals surface area contributed by atoms with E-state index in [9.17, 15) is 13.6 Å². The second-order valence-electron chi connectivity index (χ2n) is 5.57. The molecule has 2 aliphatic rings. The number of hydrogen-bond acceptors (Lipinski definition) is 3. The summed E-state index contributed by atoms with van der Waals surface area (Å²) < 4.78 is 27.2. The van der Waals surface area contributed by atoms with E-state index in [1.165, 1.54) is 12.1 Å². The summed E-state index contributed by atoms with van der Waals surface area (Å²) in [5, 5.41) is 3.13. The quantitative estimate of drug-likeness (QED) is 0.911. The lowest BCUT2D eigenvalue weighted by Crippen LogP contribution is -2.43. The van der Waals surface area contributed by atoms with Gasteiger partial charge >= 0.3 is 0 Å². The number of nitrogens with zero attached hydrogens (tertiary/aromatic N) is 1. The van der Waals surface area contributed by atoms with Crippen LogP contribution in [-0.2, 0) is 4.79 Å². The minimum Gasteiger partial charge on any atom is -0.318 e. The Labute approximate surface area is 127 Å². The highest BCUT2D eigenvalue weighted by molar-refractivity contribution is 7.99. The molecular formula is C15H18F2N2OS.